The molecule has 0 fully saturated rings. The van der Waals surface area contributed by atoms with Gasteiger partial charge >= 0.3 is 0 Å². The lowest BCUT2D eigenvalue weighted by atomic mass is 10.8. The van der Waals surface area contributed by atoms with Gasteiger partial charge in [-0.1, -0.05) is 6.58 Å². The number of nitrogens with zero attached hydrogens (tertiary/aromatic N) is 1. The van der Waals surface area contributed by atoms with E-state index < -0.39 is 0 Å². The fraction of sp³-hybridized carbons (Fsp3) is 0.167. The van der Waals surface area contributed by atoms with Crippen LogP contribution in [0.25, 0.3) is 0 Å². The highest BCUT2D eigenvalue weighted by Gasteiger charge is 1.78. The van der Waals surface area contributed by atoms with E-state index in [0.717, 1.165) is 0 Å². The third kappa shape index (κ3) is 3.15. The van der Waals surface area contributed by atoms with E-state index in [1.54, 1.807) is 13.1 Å². The first-order valence-electron chi connectivity index (χ1n) is 2.26. The molecule has 0 aliphatic carbocycles. The molecule has 0 amide bonds. The van der Waals surface area contributed by atoms with Crippen molar-refractivity contribution in [1.82, 2.24) is 0 Å². The van der Waals surface area contributed by atoms with Crippen LogP contribution in [0.3, 0.4) is 0 Å². The van der Waals surface area contributed by atoms with Crippen LogP contribution in [-0.2, 0) is 4.74 Å². The normalized spacial score (nSPS) is 9.12. The lowest BCUT2D eigenvalue weighted by molar-refractivity contribution is 0.352. The zero-order chi connectivity index (χ0) is 6.41. The maximum atomic E-state index is 4.65. The second-order valence-electron chi connectivity index (χ2n) is 1.07. The molecule has 44 valence electrons. The van der Waals surface area contributed by atoms with Gasteiger partial charge in [0.1, 0.15) is 0 Å². The number of rotatable bonds is 3. The Morgan fingerprint density at radius 3 is 2.75 bits per heavy atom. The van der Waals surface area contributed by atoms with Gasteiger partial charge in [0.05, 0.1) is 6.26 Å². The standard InChI is InChI=1S/C6H9NO/c1-4-7-6(3)8-5-2/h4-5H,2-3H2,1H3/b7-4-. The van der Waals surface area contributed by atoms with E-state index in [4.69, 9.17) is 0 Å². The maximum absolute atomic E-state index is 4.65. The van der Waals surface area contributed by atoms with Crippen molar-refractivity contribution in [2.75, 3.05) is 0 Å². The van der Waals surface area contributed by atoms with Crippen LogP contribution in [0.1, 0.15) is 6.92 Å². The average Bonchev–Trinajstić information content (AvgIpc) is 1.68. The molecule has 0 rings (SSSR count). The van der Waals surface area contributed by atoms with Crippen molar-refractivity contribution in [1.29, 1.82) is 0 Å². The van der Waals surface area contributed by atoms with Gasteiger partial charge in [-0.15, -0.1) is 0 Å². The van der Waals surface area contributed by atoms with Gasteiger partial charge in [-0.05, 0) is 13.5 Å². The highest BCUT2D eigenvalue weighted by Crippen LogP contribution is 1.92. The molecule has 0 N–H and O–H groups in total. The molecule has 2 heteroatoms. The number of hydrogen-bond donors (Lipinski definition) is 0. The minimum Gasteiger partial charge on any atom is -0.448 e. The zero-order valence-corrected chi connectivity index (χ0v) is 4.92. The van der Waals surface area contributed by atoms with E-state index in [-0.39, 0.29) is 0 Å². The van der Waals surface area contributed by atoms with Crippen molar-refractivity contribution in [2.24, 2.45) is 4.99 Å². The van der Waals surface area contributed by atoms with E-state index in [1.807, 2.05) is 0 Å². The van der Waals surface area contributed by atoms with Gasteiger partial charge in [0.2, 0.25) is 5.88 Å². The monoisotopic (exact) mass is 111 g/mol. The van der Waals surface area contributed by atoms with Crippen LogP contribution >= 0.6 is 0 Å². The van der Waals surface area contributed by atoms with Crippen molar-refractivity contribution in [3.8, 4) is 0 Å². The third-order valence-electron chi connectivity index (χ3n) is 0.492. The van der Waals surface area contributed by atoms with Gasteiger partial charge in [-0.3, -0.25) is 0 Å². The Kier molecular flexibility index (Phi) is 3.58. The molecule has 0 saturated carbocycles. The SMILES string of the molecule is C=COC(=C)/N=C\C. The van der Waals surface area contributed by atoms with Crippen molar-refractivity contribution in [3.63, 3.8) is 0 Å². The molecule has 0 aliphatic heterocycles. The Bertz CT molecular complexity index is 116. The predicted molar refractivity (Wildman–Crippen MR) is 34.6 cm³/mol. The molecule has 0 aromatic heterocycles. The molecule has 0 radical (unpaired) electrons. The van der Waals surface area contributed by atoms with E-state index in [9.17, 15) is 0 Å². The molecule has 0 heterocycles. The third-order valence-corrected chi connectivity index (χ3v) is 0.492. The first-order valence-corrected chi connectivity index (χ1v) is 2.26. The highest BCUT2D eigenvalue weighted by molar-refractivity contribution is 5.54. The maximum Gasteiger partial charge on any atom is 0.210 e. The zero-order valence-electron chi connectivity index (χ0n) is 4.92. The Morgan fingerprint density at radius 2 is 2.38 bits per heavy atom. The second-order valence-corrected chi connectivity index (χ2v) is 1.07. The van der Waals surface area contributed by atoms with Crippen molar-refractivity contribution in [2.45, 2.75) is 6.92 Å². The Hall–Kier alpha value is -1.05. The van der Waals surface area contributed by atoms with Gasteiger partial charge in [-0.25, -0.2) is 4.99 Å². The van der Waals surface area contributed by atoms with Crippen LogP contribution < -0.4 is 0 Å². The molecule has 0 saturated heterocycles. The predicted octanol–water partition coefficient (Wildman–Crippen LogP) is 1.71. The van der Waals surface area contributed by atoms with Crippen molar-refractivity contribution >= 4 is 6.21 Å². The Labute approximate surface area is 49.2 Å². The van der Waals surface area contributed by atoms with Crippen molar-refractivity contribution < 1.29 is 4.74 Å². The van der Waals surface area contributed by atoms with Crippen LogP contribution in [-0.4, -0.2) is 6.21 Å². The minimum absolute atomic E-state index is 0.363. The van der Waals surface area contributed by atoms with Gasteiger partial charge < -0.3 is 4.74 Å². The van der Waals surface area contributed by atoms with E-state index in [1.165, 1.54) is 6.26 Å². The molecule has 0 unspecified atom stereocenters. The molecule has 0 atom stereocenters. The molecule has 0 aromatic rings. The van der Waals surface area contributed by atoms with Gasteiger partial charge in [-0.2, -0.15) is 0 Å². The highest BCUT2D eigenvalue weighted by atomic mass is 16.5. The summed E-state index contributed by atoms with van der Waals surface area (Å²) in [6, 6.07) is 0. The molecule has 8 heavy (non-hydrogen) atoms. The summed E-state index contributed by atoms with van der Waals surface area (Å²) in [5.41, 5.74) is 0. The largest absolute Gasteiger partial charge is 0.448 e. The summed E-state index contributed by atoms with van der Waals surface area (Å²) < 4.78 is 4.65. The van der Waals surface area contributed by atoms with Crippen molar-refractivity contribution in [3.05, 3.63) is 25.3 Å². The van der Waals surface area contributed by atoms with Crippen LogP contribution in [0, 0.1) is 0 Å². The number of hydrogen-bond acceptors (Lipinski definition) is 2. The van der Waals surface area contributed by atoms with Crippen LogP contribution in [0.4, 0.5) is 0 Å². The lowest BCUT2D eigenvalue weighted by Gasteiger charge is -1.92. The fourth-order valence-corrected chi connectivity index (χ4v) is 0.271. The molecule has 0 bridgehead atoms. The minimum atomic E-state index is 0.363. The van der Waals surface area contributed by atoms with Crippen LogP contribution in [0.2, 0.25) is 0 Å². The molecule has 2 nitrogen and oxygen atoms in total. The summed E-state index contributed by atoms with van der Waals surface area (Å²) in [5.74, 6) is 0.363. The lowest BCUT2D eigenvalue weighted by Crippen LogP contribution is -1.75. The van der Waals surface area contributed by atoms with Gasteiger partial charge in [0, 0.05) is 6.21 Å². The summed E-state index contributed by atoms with van der Waals surface area (Å²) in [4.78, 5) is 3.70. The molecule has 0 aliphatic rings. The van der Waals surface area contributed by atoms with Gasteiger partial charge in [0.15, 0.2) is 0 Å². The Morgan fingerprint density at radius 1 is 1.75 bits per heavy atom. The Balaban J connectivity index is 3.48. The first-order chi connectivity index (χ1) is 3.81. The summed E-state index contributed by atoms with van der Waals surface area (Å²) in [6.45, 7) is 8.56. The number of ether oxygens (including phenoxy) is 1. The van der Waals surface area contributed by atoms with Crippen LogP contribution in [0.15, 0.2) is 30.3 Å². The summed E-state index contributed by atoms with van der Waals surface area (Å²) in [6.07, 6.45) is 2.89. The smallest absolute Gasteiger partial charge is 0.210 e. The molecular weight excluding hydrogens is 102 g/mol. The van der Waals surface area contributed by atoms with Gasteiger partial charge in [0.25, 0.3) is 0 Å². The van der Waals surface area contributed by atoms with E-state index in [2.05, 4.69) is 22.9 Å². The molecule has 0 aromatic carbocycles. The van der Waals surface area contributed by atoms with E-state index in [0.29, 0.717) is 5.88 Å². The first kappa shape index (κ1) is 6.95. The second kappa shape index (κ2) is 4.12. The fourth-order valence-electron chi connectivity index (χ4n) is 0.271. The summed E-state index contributed by atoms with van der Waals surface area (Å²) >= 11 is 0. The average molecular weight is 111 g/mol. The van der Waals surface area contributed by atoms with Crippen LogP contribution in [0.5, 0.6) is 0 Å². The molecular formula is C6H9NO. The quantitative estimate of drug-likeness (QED) is 0.401. The molecule has 0 spiro atoms. The topological polar surface area (TPSA) is 21.6 Å². The summed E-state index contributed by atoms with van der Waals surface area (Å²) in [5, 5.41) is 0. The summed E-state index contributed by atoms with van der Waals surface area (Å²) in [7, 11) is 0. The van der Waals surface area contributed by atoms with E-state index >= 15 is 0 Å². The number of aliphatic imine (C=N–C) groups is 1.